The zero-order chi connectivity index (χ0) is 35.6. The first-order chi connectivity index (χ1) is 21.9. The minimum atomic E-state index is -1.52. The number of ether oxygens (including phenoxy) is 8. The van der Waals surface area contributed by atoms with Gasteiger partial charge in [-0.15, -0.1) is 11.8 Å². The summed E-state index contributed by atoms with van der Waals surface area (Å²) in [6, 6.07) is -2.57. The number of carbonyl (C=O) groups excluding carboxylic acids is 8. The SMILES string of the molecule is CC(=O)N[C@@H]1[C@@H](OC(C)=O)[C@H](OC(C)=O)[C@@H](COC(C)=O)O[C@H]1S[C@H]1[C@H](OC(C)=O)[C@@H](NC(C)=O)[C@@H](OC(C)=O)O[C@@H]1COC(C)=O. The summed E-state index contributed by atoms with van der Waals surface area (Å²) in [5, 5.41) is 4.07. The molecule has 2 fully saturated rings. The van der Waals surface area contributed by atoms with Gasteiger partial charge in [0.2, 0.25) is 18.1 Å². The van der Waals surface area contributed by atoms with Crippen LogP contribution >= 0.6 is 11.8 Å². The van der Waals surface area contributed by atoms with Gasteiger partial charge in [-0.2, -0.15) is 0 Å². The van der Waals surface area contributed by atoms with Gasteiger partial charge in [0.05, 0.1) is 5.25 Å². The van der Waals surface area contributed by atoms with Crippen LogP contribution in [-0.2, 0) is 76.3 Å². The minimum absolute atomic E-state index is 0.465. The van der Waals surface area contributed by atoms with Crippen LogP contribution in [0.3, 0.4) is 0 Å². The quantitative estimate of drug-likeness (QED) is 0.185. The van der Waals surface area contributed by atoms with Gasteiger partial charge in [-0.25, -0.2) is 0 Å². The predicted molar refractivity (Wildman–Crippen MR) is 156 cm³/mol. The molecule has 2 saturated heterocycles. The first-order valence-corrected chi connectivity index (χ1v) is 15.3. The normalized spacial score (nSPS) is 30.0. The van der Waals surface area contributed by atoms with Gasteiger partial charge in [0, 0.05) is 55.4 Å². The Labute approximate surface area is 274 Å². The summed E-state index contributed by atoms with van der Waals surface area (Å²) >= 11 is 0.848. The molecular weight excluding hydrogens is 652 g/mol. The Balaban J connectivity index is 2.73. The zero-order valence-electron chi connectivity index (χ0n) is 27.1. The highest BCUT2D eigenvalue weighted by molar-refractivity contribution is 8.00. The second-order valence-corrected chi connectivity index (χ2v) is 11.9. The van der Waals surface area contributed by atoms with Gasteiger partial charge in [-0.1, -0.05) is 0 Å². The van der Waals surface area contributed by atoms with Crippen molar-refractivity contribution in [2.24, 2.45) is 0 Å². The van der Waals surface area contributed by atoms with Crippen molar-refractivity contribution >= 4 is 59.4 Å². The third-order valence-corrected chi connectivity index (χ3v) is 7.97. The standard InChI is InChI=1S/C28H40N2O16S/c1-11(31)29-21-25(43-17(7)37)26(20(10-40-14(4)34)45-27(21)44-18(8)38)47-28-22(30-12(2)32)24(42-16(6)36)23(41-15(5)35)19(46-28)9-39-13(3)33/h19-28H,9-10H2,1-8H3,(H,29,31)(H,30,32)/t19-,20-,21-,22-,23-,24-,25-,26-,27+,28+/m1/s1. The summed E-state index contributed by atoms with van der Waals surface area (Å²) in [6.45, 7) is 8.00. The van der Waals surface area contributed by atoms with Crippen molar-refractivity contribution in [3.8, 4) is 0 Å². The maximum absolute atomic E-state index is 12.4. The third-order valence-electron chi connectivity index (χ3n) is 6.41. The van der Waals surface area contributed by atoms with Crippen molar-refractivity contribution in [2.45, 2.75) is 115 Å². The Morgan fingerprint density at radius 3 is 1.45 bits per heavy atom. The van der Waals surface area contributed by atoms with Gasteiger partial charge in [-0.05, 0) is 0 Å². The molecule has 19 heteroatoms. The fraction of sp³-hybridized carbons (Fsp3) is 0.714. The number of hydrogen-bond donors (Lipinski definition) is 2. The molecule has 2 aliphatic rings. The molecule has 2 heterocycles. The molecule has 47 heavy (non-hydrogen) atoms. The lowest BCUT2D eigenvalue weighted by molar-refractivity contribution is -0.235. The number of nitrogens with one attached hydrogen (secondary N) is 2. The molecule has 0 saturated carbocycles. The lowest BCUT2D eigenvalue weighted by atomic mass is 9.97. The smallest absolute Gasteiger partial charge is 0.305 e. The van der Waals surface area contributed by atoms with Crippen LogP contribution in [-0.4, -0.2) is 120 Å². The number of esters is 6. The van der Waals surface area contributed by atoms with Crippen molar-refractivity contribution in [1.29, 1.82) is 0 Å². The number of thioether (sulfide) groups is 1. The molecule has 0 unspecified atom stereocenters. The van der Waals surface area contributed by atoms with E-state index in [4.69, 9.17) is 37.9 Å². The summed E-state index contributed by atoms with van der Waals surface area (Å²) in [5.74, 6) is -5.88. The highest BCUT2D eigenvalue weighted by Gasteiger charge is 2.56. The molecule has 0 radical (unpaired) electrons. The van der Waals surface area contributed by atoms with Crippen LogP contribution in [0.5, 0.6) is 0 Å². The Morgan fingerprint density at radius 1 is 0.532 bits per heavy atom. The first kappa shape index (κ1) is 39.2. The molecule has 0 aromatic rings. The molecule has 18 nitrogen and oxygen atoms in total. The summed E-state index contributed by atoms with van der Waals surface area (Å²) in [7, 11) is 0. The van der Waals surface area contributed by atoms with Crippen molar-refractivity contribution in [1.82, 2.24) is 10.6 Å². The lowest BCUT2D eigenvalue weighted by Crippen LogP contribution is -2.68. The molecule has 264 valence electrons. The van der Waals surface area contributed by atoms with E-state index in [1.807, 2.05) is 0 Å². The molecular formula is C28H40N2O16S. The van der Waals surface area contributed by atoms with Gasteiger partial charge in [0.1, 0.15) is 49.0 Å². The maximum Gasteiger partial charge on any atom is 0.305 e. The molecule has 0 aromatic carbocycles. The Bertz CT molecular complexity index is 1210. The summed E-state index contributed by atoms with van der Waals surface area (Å²) < 4.78 is 44.5. The van der Waals surface area contributed by atoms with Crippen LogP contribution in [0.1, 0.15) is 55.4 Å². The minimum Gasteiger partial charge on any atom is -0.463 e. The van der Waals surface area contributed by atoms with E-state index in [1.165, 1.54) is 6.92 Å². The van der Waals surface area contributed by atoms with Gasteiger partial charge >= 0.3 is 35.8 Å². The number of hydrogen-bond acceptors (Lipinski definition) is 17. The van der Waals surface area contributed by atoms with Crippen molar-refractivity contribution in [3.63, 3.8) is 0 Å². The first-order valence-electron chi connectivity index (χ1n) is 14.4. The molecule has 0 aromatic heterocycles. The molecule has 10 atom stereocenters. The van der Waals surface area contributed by atoms with E-state index in [0.29, 0.717) is 0 Å². The summed E-state index contributed by atoms with van der Waals surface area (Å²) in [6.07, 6.45) is -8.14. The van der Waals surface area contributed by atoms with E-state index in [1.54, 1.807) is 0 Å². The van der Waals surface area contributed by atoms with Crippen LogP contribution < -0.4 is 10.6 Å². The number of carbonyl (C=O) groups is 8. The van der Waals surface area contributed by atoms with Gasteiger partial charge in [-0.3, -0.25) is 38.4 Å². The Kier molecular flexibility index (Phi) is 14.9. The Hall–Kier alpha value is -3.97. The monoisotopic (exact) mass is 692 g/mol. The topological polar surface area (TPSA) is 234 Å². The second kappa shape index (κ2) is 17.8. The largest absolute Gasteiger partial charge is 0.463 e. The van der Waals surface area contributed by atoms with E-state index < -0.39 is 120 Å². The van der Waals surface area contributed by atoms with Crippen LogP contribution in [0.15, 0.2) is 0 Å². The Morgan fingerprint density at radius 2 is 0.979 bits per heavy atom. The van der Waals surface area contributed by atoms with Crippen LogP contribution in [0.25, 0.3) is 0 Å². The van der Waals surface area contributed by atoms with Gasteiger partial charge < -0.3 is 48.5 Å². The average molecular weight is 693 g/mol. The van der Waals surface area contributed by atoms with Gasteiger partial charge in [0.25, 0.3) is 0 Å². The van der Waals surface area contributed by atoms with Crippen molar-refractivity contribution in [3.05, 3.63) is 0 Å². The number of rotatable bonds is 12. The average Bonchev–Trinajstić information content (AvgIpc) is 2.91. The van der Waals surface area contributed by atoms with E-state index in [9.17, 15) is 38.4 Å². The van der Waals surface area contributed by atoms with Gasteiger partial charge in [0.15, 0.2) is 12.2 Å². The van der Waals surface area contributed by atoms with E-state index in [0.717, 1.165) is 60.2 Å². The highest BCUT2D eigenvalue weighted by Crippen LogP contribution is 2.40. The maximum atomic E-state index is 12.4. The van der Waals surface area contributed by atoms with Crippen LogP contribution in [0.2, 0.25) is 0 Å². The van der Waals surface area contributed by atoms with E-state index in [2.05, 4.69) is 10.6 Å². The summed E-state index contributed by atoms with van der Waals surface area (Å²) in [4.78, 5) is 97.0. The fourth-order valence-corrected chi connectivity index (χ4v) is 6.55. The van der Waals surface area contributed by atoms with Crippen LogP contribution in [0, 0.1) is 0 Å². The molecule has 2 rings (SSSR count). The van der Waals surface area contributed by atoms with Crippen LogP contribution in [0.4, 0.5) is 0 Å². The molecule has 0 bridgehead atoms. The molecule has 2 N–H and O–H groups in total. The third kappa shape index (κ3) is 12.3. The highest BCUT2D eigenvalue weighted by atomic mass is 32.2. The van der Waals surface area contributed by atoms with E-state index in [-0.39, 0.29) is 0 Å². The number of amides is 2. The summed E-state index contributed by atoms with van der Waals surface area (Å²) in [5.41, 5.74) is -1.27. The fourth-order valence-electron chi connectivity index (χ4n) is 4.95. The molecule has 2 aliphatic heterocycles. The lowest BCUT2D eigenvalue weighted by Gasteiger charge is -2.49. The van der Waals surface area contributed by atoms with E-state index >= 15 is 0 Å². The molecule has 0 spiro atoms. The molecule has 0 aliphatic carbocycles. The van der Waals surface area contributed by atoms with Crippen molar-refractivity contribution < 1.29 is 76.3 Å². The zero-order valence-corrected chi connectivity index (χ0v) is 27.9. The second-order valence-electron chi connectivity index (χ2n) is 10.6. The molecule has 2 amide bonds. The predicted octanol–water partition coefficient (Wildman–Crippen LogP) is -0.968. The van der Waals surface area contributed by atoms with Crippen molar-refractivity contribution in [2.75, 3.05) is 13.2 Å².